The van der Waals surface area contributed by atoms with Gasteiger partial charge in [0.15, 0.2) is 0 Å². The number of nitrogens with zero attached hydrogens (tertiary/aromatic N) is 1. The molecule has 1 aliphatic heterocycles. The number of nitrogens with two attached hydrogens (primary N) is 1. The van der Waals surface area contributed by atoms with Gasteiger partial charge in [-0.15, -0.1) is 0 Å². The van der Waals surface area contributed by atoms with Gasteiger partial charge in [0, 0.05) is 12.1 Å². The first-order valence-corrected chi connectivity index (χ1v) is 4.71. The second-order valence-electron chi connectivity index (χ2n) is 4.28. The number of rotatable bonds is 2. The van der Waals surface area contributed by atoms with Crippen LogP contribution in [0.5, 0.6) is 0 Å². The SMILES string of the molecule is CC1(C)CCCN1C(=O)C(F)(F)CN. The number of halogens is 2. The van der Waals surface area contributed by atoms with Crippen LogP contribution >= 0.6 is 0 Å². The molecule has 14 heavy (non-hydrogen) atoms. The lowest BCUT2D eigenvalue weighted by atomic mass is 10.0. The molecule has 0 radical (unpaired) electrons. The average Bonchev–Trinajstić information content (AvgIpc) is 2.44. The molecule has 82 valence electrons. The molecule has 1 amide bonds. The molecule has 1 heterocycles. The maximum Gasteiger partial charge on any atom is 0.336 e. The van der Waals surface area contributed by atoms with Crippen molar-refractivity contribution in [1.29, 1.82) is 0 Å². The second kappa shape index (κ2) is 3.46. The molecule has 0 saturated carbocycles. The van der Waals surface area contributed by atoms with E-state index in [-0.39, 0.29) is 0 Å². The largest absolute Gasteiger partial charge is 0.336 e. The molecule has 0 aromatic carbocycles. The van der Waals surface area contributed by atoms with Gasteiger partial charge in [0.2, 0.25) is 0 Å². The molecule has 5 heteroatoms. The maximum absolute atomic E-state index is 13.0. The molecule has 2 N–H and O–H groups in total. The van der Waals surface area contributed by atoms with Crippen molar-refractivity contribution in [2.45, 2.75) is 38.2 Å². The van der Waals surface area contributed by atoms with E-state index in [2.05, 4.69) is 0 Å². The predicted octanol–water partition coefficient (Wildman–Crippen LogP) is 0.981. The van der Waals surface area contributed by atoms with E-state index in [0.29, 0.717) is 6.54 Å². The maximum atomic E-state index is 13.0. The minimum atomic E-state index is -3.42. The summed E-state index contributed by atoms with van der Waals surface area (Å²) in [5.74, 6) is -4.55. The molecule has 0 unspecified atom stereocenters. The number of hydrogen-bond donors (Lipinski definition) is 1. The van der Waals surface area contributed by atoms with Crippen molar-refractivity contribution in [3.63, 3.8) is 0 Å². The molecular weight excluding hydrogens is 190 g/mol. The minimum absolute atomic E-state index is 0.404. The molecular formula is C9H16F2N2O. The van der Waals surface area contributed by atoms with Gasteiger partial charge >= 0.3 is 5.92 Å². The molecule has 3 nitrogen and oxygen atoms in total. The lowest BCUT2D eigenvalue weighted by molar-refractivity contribution is -0.159. The highest BCUT2D eigenvalue weighted by atomic mass is 19.3. The summed E-state index contributed by atoms with van der Waals surface area (Å²) in [4.78, 5) is 12.6. The van der Waals surface area contributed by atoms with Crippen LogP contribution in [0.1, 0.15) is 26.7 Å². The van der Waals surface area contributed by atoms with Crippen molar-refractivity contribution >= 4 is 5.91 Å². The highest BCUT2D eigenvalue weighted by Crippen LogP contribution is 2.31. The van der Waals surface area contributed by atoms with E-state index in [9.17, 15) is 13.6 Å². The van der Waals surface area contributed by atoms with Gasteiger partial charge in [-0.3, -0.25) is 4.79 Å². The second-order valence-corrected chi connectivity index (χ2v) is 4.28. The Bertz CT molecular complexity index is 241. The van der Waals surface area contributed by atoms with Crippen molar-refractivity contribution < 1.29 is 13.6 Å². The van der Waals surface area contributed by atoms with Crippen molar-refractivity contribution in [1.82, 2.24) is 4.90 Å². The smallest absolute Gasteiger partial charge is 0.332 e. The van der Waals surface area contributed by atoms with E-state index in [0.717, 1.165) is 12.8 Å². The molecule has 0 spiro atoms. The van der Waals surface area contributed by atoms with E-state index in [4.69, 9.17) is 5.73 Å². The number of likely N-dealkylation sites (tertiary alicyclic amines) is 1. The first-order valence-electron chi connectivity index (χ1n) is 4.71. The van der Waals surface area contributed by atoms with Crippen LogP contribution < -0.4 is 5.73 Å². The van der Waals surface area contributed by atoms with Crippen LogP contribution in [-0.4, -0.2) is 35.4 Å². The fraction of sp³-hybridized carbons (Fsp3) is 0.889. The summed E-state index contributed by atoms with van der Waals surface area (Å²) >= 11 is 0. The Balaban J connectivity index is 2.80. The van der Waals surface area contributed by atoms with Crippen LogP contribution in [0.25, 0.3) is 0 Å². The molecule has 1 fully saturated rings. The van der Waals surface area contributed by atoms with Crippen molar-refractivity contribution in [2.75, 3.05) is 13.1 Å². The first-order chi connectivity index (χ1) is 6.31. The fourth-order valence-electron chi connectivity index (χ4n) is 1.77. The third kappa shape index (κ3) is 1.87. The van der Waals surface area contributed by atoms with E-state index in [1.165, 1.54) is 4.90 Å². The molecule has 0 atom stereocenters. The van der Waals surface area contributed by atoms with Crippen LogP contribution in [0, 0.1) is 0 Å². The monoisotopic (exact) mass is 206 g/mol. The Morgan fingerprint density at radius 2 is 2.14 bits per heavy atom. The van der Waals surface area contributed by atoms with E-state index >= 15 is 0 Å². The summed E-state index contributed by atoms with van der Waals surface area (Å²) in [5, 5.41) is 0. The van der Waals surface area contributed by atoms with Gasteiger partial charge in [-0.25, -0.2) is 0 Å². The van der Waals surface area contributed by atoms with Gasteiger partial charge in [-0.2, -0.15) is 8.78 Å². The zero-order chi connectivity index (χ0) is 11.0. The van der Waals surface area contributed by atoms with Crippen LogP contribution in [0.2, 0.25) is 0 Å². The van der Waals surface area contributed by atoms with Crippen LogP contribution in [0.3, 0.4) is 0 Å². The molecule has 1 aliphatic rings. The van der Waals surface area contributed by atoms with E-state index in [1.807, 2.05) is 0 Å². The zero-order valence-electron chi connectivity index (χ0n) is 8.52. The molecule has 0 bridgehead atoms. The normalized spacial score (nSPS) is 21.4. The summed E-state index contributed by atoms with van der Waals surface area (Å²) in [6, 6.07) is 0. The van der Waals surface area contributed by atoms with Gasteiger partial charge in [0.1, 0.15) is 0 Å². The predicted molar refractivity (Wildman–Crippen MR) is 49.0 cm³/mol. The van der Waals surface area contributed by atoms with Gasteiger partial charge in [-0.05, 0) is 26.7 Å². The van der Waals surface area contributed by atoms with Gasteiger partial charge in [0.25, 0.3) is 5.91 Å². The van der Waals surface area contributed by atoms with Crippen LogP contribution in [0.15, 0.2) is 0 Å². The number of carbonyl (C=O) groups excluding carboxylic acids is 1. The lowest BCUT2D eigenvalue weighted by Gasteiger charge is -2.33. The van der Waals surface area contributed by atoms with E-state index in [1.54, 1.807) is 13.8 Å². The third-order valence-electron chi connectivity index (χ3n) is 2.72. The fourth-order valence-corrected chi connectivity index (χ4v) is 1.77. The Kier molecular flexibility index (Phi) is 2.81. The quantitative estimate of drug-likeness (QED) is 0.732. The summed E-state index contributed by atoms with van der Waals surface area (Å²) in [6.07, 6.45) is 1.54. The Labute approximate surface area is 82.2 Å². The molecule has 0 aromatic heterocycles. The Hall–Kier alpha value is -0.710. The average molecular weight is 206 g/mol. The standard InChI is InChI=1S/C9H16F2N2O/c1-8(2)4-3-5-13(8)7(14)9(10,11)6-12/h3-6,12H2,1-2H3. The summed E-state index contributed by atoms with van der Waals surface area (Å²) in [7, 11) is 0. The highest BCUT2D eigenvalue weighted by molar-refractivity contribution is 5.84. The van der Waals surface area contributed by atoms with Crippen LogP contribution in [-0.2, 0) is 4.79 Å². The summed E-state index contributed by atoms with van der Waals surface area (Å²) in [5.41, 5.74) is 4.40. The lowest BCUT2D eigenvalue weighted by Crippen LogP contribution is -2.52. The summed E-state index contributed by atoms with van der Waals surface area (Å²) in [6.45, 7) is 3.08. The van der Waals surface area contributed by atoms with Crippen molar-refractivity contribution in [3.8, 4) is 0 Å². The molecule has 0 aromatic rings. The minimum Gasteiger partial charge on any atom is -0.332 e. The topological polar surface area (TPSA) is 46.3 Å². The van der Waals surface area contributed by atoms with E-state index < -0.39 is 23.9 Å². The molecule has 0 aliphatic carbocycles. The number of carbonyl (C=O) groups is 1. The first kappa shape index (κ1) is 11.4. The van der Waals surface area contributed by atoms with Crippen LogP contribution in [0.4, 0.5) is 8.78 Å². The molecule has 1 saturated heterocycles. The summed E-state index contributed by atoms with van der Waals surface area (Å²) < 4.78 is 26.1. The highest BCUT2D eigenvalue weighted by Gasteiger charge is 2.46. The van der Waals surface area contributed by atoms with Gasteiger partial charge in [-0.1, -0.05) is 0 Å². The van der Waals surface area contributed by atoms with Crippen molar-refractivity contribution in [3.05, 3.63) is 0 Å². The number of alkyl halides is 2. The number of amides is 1. The van der Waals surface area contributed by atoms with Gasteiger partial charge < -0.3 is 10.6 Å². The zero-order valence-corrected chi connectivity index (χ0v) is 8.52. The Morgan fingerprint density at radius 1 is 1.57 bits per heavy atom. The number of hydrogen-bond acceptors (Lipinski definition) is 2. The molecule has 1 rings (SSSR count). The van der Waals surface area contributed by atoms with Gasteiger partial charge in [0.05, 0.1) is 6.54 Å². The Morgan fingerprint density at radius 3 is 2.50 bits per heavy atom. The third-order valence-corrected chi connectivity index (χ3v) is 2.72. The van der Waals surface area contributed by atoms with Crippen molar-refractivity contribution in [2.24, 2.45) is 5.73 Å².